The van der Waals surface area contributed by atoms with E-state index in [0.29, 0.717) is 5.88 Å². The summed E-state index contributed by atoms with van der Waals surface area (Å²) in [7, 11) is 1.61. The molecular formula is C17H19FN2O. The average Bonchev–Trinajstić information content (AvgIpc) is 2.55. The normalized spacial score (nSPS) is 22.0. The van der Waals surface area contributed by atoms with E-state index in [9.17, 15) is 4.39 Å². The minimum Gasteiger partial charge on any atom is -0.481 e. The van der Waals surface area contributed by atoms with Gasteiger partial charge in [-0.25, -0.2) is 9.37 Å². The number of halogens is 1. The number of nitrogens with zero attached hydrogens (tertiary/aromatic N) is 1. The minimum absolute atomic E-state index is 0.127. The Labute approximate surface area is 124 Å². The molecule has 2 aromatic rings. The van der Waals surface area contributed by atoms with E-state index in [4.69, 9.17) is 4.74 Å². The molecule has 1 saturated heterocycles. The smallest absolute Gasteiger partial charge is 0.212 e. The molecule has 1 N–H and O–H groups in total. The van der Waals surface area contributed by atoms with Gasteiger partial charge in [0, 0.05) is 24.7 Å². The summed E-state index contributed by atoms with van der Waals surface area (Å²) in [5, 5.41) is 3.37. The lowest BCUT2D eigenvalue weighted by atomic mass is 9.78. The summed E-state index contributed by atoms with van der Waals surface area (Å²) in [6, 6.07) is 11.0. The van der Waals surface area contributed by atoms with Crippen LogP contribution >= 0.6 is 0 Å². The molecule has 3 rings (SSSR count). The molecule has 0 radical (unpaired) electrons. The molecule has 1 fully saturated rings. The molecule has 3 nitrogen and oxygen atoms in total. The zero-order valence-corrected chi connectivity index (χ0v) is 12.1. The molecule has 1 aromatic carbocycles. The Hall–Kier alpha value is -1.94. The molecular weight excluding hydrogens is 267 g/mol. The number of pyridine rings is 1. The number of piperidine rings is 1. The van der Waals surface area contributed by atoms with Gasteiger partial charge in [0.15, 0.2) is 0 Å². The van der Waals surface area contributed by atoms with Crippen molar-refractivity contribution in [3.05, 3.63) is 59.5 Å². The van der Waals surface area contributed by atoms with Crippen molar-refractivity contribution >= 4 is 0 Å². The summed E-state index contributed by atoms with van der Waals surface area (Å²) in [4.78, 5) is 4.29. The molecule has 110 valence electrons. The number of hydrogen-bond acceptors (Lipinski definition) is 3. The zero-order chi connectivity index (χ0) is 14.7. The van der Waals surface area contributed by atoms with Crippen LogP contribution in [0.25, 0.3) is 0 Å². The van der Waals surface area contributed by atoms with Crippen LogP contribution < -0.4 is 10.1 Å². The quantitative estimate of drug-likeness (QED) is 0.941. The molecule has 0 bridgehead atoms. The second kappa shape index (κ2) is 6.22. The van der Waals surface area contributed by atoms with Gasteiger partial charge in [-0.1, -0.05) is 24.3 Å². The van der Waals surface area contributed by atoms with Gasteiger partial charge in [0.05, 0.1) is 7.11 Å². The Bertz CT molecular complexity index is 600. The molecule has 2 heterocycles. The Kier molecular flexibility index (Phi) is 4.15. The van der Waals surface area contributed by atoms with Gasteiger partial charge in [-0.2, -0.15) is 0 Å². The molecule has 0 spiro atoms. The summed E-state index contributed by atoms with van der Waals surface area (Å²) < 4.78 is 19.2. The largest absolute Gasteiger partial charge is 0.481 e. The van der Waals surface area contributed by atoms with E-state index in [-0.39, 0.29) is 17.7 Å². The van der Waals surface area contributed by atoms with Crippen LogP contribution in [0.4, 0.5) is 4.39 Å². The maximum absolute atomic E-state index is 14.1. The SMILES string of the molecule is COc1ccc(C2CCNCC2c2ccccc2F)cn1. The van der Waals surface area contributed by atoms with E-state index in [0.717, 1.165) is 30.6 Å². The van der Waals surface area contributed by atoms with Crippen molar-refractivity contribution in [2.45, 2.75) is 18.3 Å². The van der Waals surface area contributed by atoms with Crippen molar-refractivity contribution in [3.63, 3.8) is 0 Å². The molecule has 1 aliphatic rings. The van der Waals surface area contributed by atoms with Crippen molar-refractivity contribution in [2.24, 2.45) is 0 Å². The van der Waals surface area contributed by atoms with Gasteiger partial charge in [0.25, 0.3) is 0 Å². The van der Waals surface area contributed by atoms with E-state index in [1.165, 1.54) is 6.07 Å². The summed E-state index contributed by atoms with van der Waals surface area (Å²) in [5.74, 6) is 0.893. The highest BCUT2D eigenvalue weighted by Crippen LogP contribution is 2.38. The first kappa shape index (κ1) is 14.0. The molecule has 4 heteroatoms. The summed E-state index contributed by atoms with van der Waals surface area (Å²) >= 11 is 0. The van der Waals surface area contributed by atoms with Gasteiger partial charge >= 0.3 is 0 Å². The van der Waals surface area contributed by atoms with Crippen LogP contribution in [0.1, 0.15) is 29.4 Å². The van der Waals surface area contributed by atoms with Gasteiger partial charge in [-0.3, -0.25) is 0 Å². The lowest BCUT2D eigenvalue weighted by molar-refractivity contribution is 0.385. The fourth-order valence-electron chi connectivity index (χ4n) is 3.09. The van der Waals surface area contributed by atoms with Gasteiger partial charge in [0.2, 0.25) is 5.88 Å². The van der Waals surface area contributed by atoms with Crippen LogP contribution in [0.2, 0.25) is 0 Å². The van der Waals surface area contributed by atoms with Crippen LogP contribution in [0, 0.1) is 5.82 Å². The monoisotopic (exact) mass is 286 g/mol. The topological polar surface area (TPSA) is 34.1 Å². The van der Waals surface area contributed by atoms with Crippen molar-refractivity contribution < 1.29 is 9.13 Å². The van der Waals surface area contributed by atoms with Crippen molar-refractivity contribution in [3.8, 4) is 5.88 Å². The van der Waals surface area contributed by atoms with E-state index < -0.39 is 0 Å². The predicted octanol–water partition coefficient (Wildman–Crippen LogP) is 3.09. The molecule has 0 amide bonds. The number of hydrogen-bond donors (Lipinski definition) is 1. The zero-order valence-electron chi connectivity index (χ0n) is 12.1. The van der Waals surface area contributed by atoms with Crippen LogP contribution in [-0.4, -0.2) is 25.2 Å². The van der Waals surface area contributed by atoms with Gasteiger partial charge in [-0.15, -0.1) is 0 Å². The maximum Gasteiger partial charge on any atom is 0.212 e. The third kappa shape index (κ3) is 2.90. The highest BCUT2D eigenvalue weighted by Gasteiger charge is 2.29. The molecule has 2 unspecified atom stereocenters. The number of rotatable bonds is 3. The number of aromatic nitrogens is 1. The van der Waals surface area contributed by atoms with Crippen molar-refractivity contribution in [1.29, 1.82) is 0 Å². The maximum atomic E-state index is 14.1. The van der Waals surface area contributed by atoms with Crippen molar-refractivity contribution in [1.82, 2.24) is 10.3 Å². The van der Waals surface area contributed by atoms with E-state index in [1.807, 2.05) is 30.5 Å². The van der Waals surface area contributed by atoms with Crippen LogP contribution in [0.5, 0.6) is 5.88 Å². The van der Waals surface area contributed by atoms with E-state index in [2.05, 4.69) is 10.3 Å². The Morgan fingerprint density at radius 1 is 1.19 bits per heavy atom. The average molecular weight is 286 g/mol. The van der Waals surface area contributed by atoms with Gasteiger partial charge in [0.1, 0.15) is 5.82 Å². The number of ether oxygens (including phenoxy) is 1. The standard InChI is InChI=1S/C17H19FN2O/c1-21-17-7-6-12(10-20-17)13-8-9-19-11-15(13)14-4-2-3-5-16(14)18/h2-7,10,13,15,19H,8-9,11H2,1H3. The third-order valence-electron chi connectivity index (χ3n) is 4.18. The van der Waals surface area contributed by atoms with E-state index in [1.54, 1.807) is 13.2 Å². The van der Waals surface area contributed by atoms with Gasteiger partial charge < -0.3 is 10.1 Å². The second-order valence-corrected chi connectivity index (χ2v) is 5.36. The second-order valence-electron chi connectivity index (χ2n) is 5.36. The Balaban J connectivity index is 1.92. The third-order valence-corrected chi connectivity index (χ3v) is 4.18. The number of methoxy groups -OCH3 is 1. The molecule has 0 aliphatic carbocycles. The number of nitrogens with one attached hydrogen (secondary N) is 1. The molecule has 0 saturated carbocycles. The highest BCUT2D eigenvalue weighted by molar-refractivity contribution is 5.31. The lowest BCUT2D eigenvalue weighted by Gasteiger charge is -2.33. The van der Waals surface area contributed by atoms with E-state index >= 15 is 0 Å². The molecule has 2 atom stereocenters. The lowest BCUT2D eigenvalue weighted by Crippen LogP contribution is -2.34. The fourth-order valence-corrected chi connectivity index (χ4v) is 3.09. The van der Waals surface area contributed by atoms with Crippen LogP contribution in [0.3, 0.4) is 0 Å². The molecule has 1 aromatic heterocycles. The highest BCUT2D eigenvalue weighted by atomic mass is 19.1. The molecule has 21 heavy (non-hydrogen) atoms. The van der Waals surface area contributed by atoms with Crippen molar-refractivity contribution in [2.75, 3.05) is 20.2 Å². The molecule has 1 aliphatic heterocycles. The first-order chi connectivity index (χ1) is 10.3. The predicted molar refractivity (Wildman–Crippen MR) is 80.2 cm³/mol. The Morgan fingerprint density at radius 3 is 2.76 bits per heavy atom. The van der Waals surface area contributed by atoms with Gasteiger partial charge in [-0.05, 0) is 36.1 Å². The summed E-state index contributed by atoms with van der Waals surface area (Å²) in [6.07, 6.45) is 2.83. The first-order valence-corrected chi connectivity index (χ1v) is 7.24. The summed E-state index contributed by atoms with van der Waals surface area (Å²) in [6.45, 7) is 1.74. The Morgan fingerprint density at radius 2 is 2.05 bits per heavy atom. The minimum atomic E-state index is -0.127. The van der Waals surface area contributed by atoms with Crippen LogP contribution in [-0.2, 0) is 0 Å². The van der Waals surface area contributed by atoms with Crippen LogP contribution in [0.15, 0.2) is 42.6 Å². The fraction of sp³-hybridized carbons (Fsp3) is 0.353. The first-order valence-electron chi connectivity index (χ1n) is 7.24. The summed E-state index contributed by atoms with van der Waals surface area (Å²) in [5.41, 5.74) is 1.93. The number of benzene rings is 1.